The highest BCUT2D eigenvalue weighted by Crippen LogP contribution is 2.40. The van der Waals surface area contributed by atoms with E-state index in [-0.39, 0.29) is 6.10 Å². The molecule has 2 fully saturated rings. The summed E-state index contributed by atoms with van der Waals surface area (Å²) in [6.07, 6.45) is 7.03. The Morgan fingerprint density at radius 1 is 1.21 bits per heavy atom. The highest BCUT2D eigenvalue weighted by molar-refractivity contribution is 4.96. The quantitative estimate of drug-likeness (QED) is 0.710. The second-order valence-corrected chi connectivity index (χ2v) is 5.76. The van der Waals surface area contributed by atoms with Gasteiger partial charge in [-0.3, -0.25) is 0 Å². The molecular formula is C12H23NO. The molecule has 2 N–H and O–H groups in total. The van der Waals surface area contributed by atoms with Crippen LogP contribution in [0.4, 0.5) is 0 Å². The summed E-state index contributed by atoms with van der Waals surface area (Å²) in [5.41, 5.74) is 0.488. The fraction of sp³-hybridized carbons (Fsp3) is 1.00. The van der Waals surface area contributed by atoms with Crippen molar-refractivity contribution < 1.29 is 5.11 Å². The normalized spacial score (nSPS) is 41.8. The molecule has 3 unspecified atom stereocenters. The molecule has 0 aromatic rings. The summed E-state index contributed by atoms with van der Waals surface area (Å²) in [6.45, 7) is 4.68. The average Bonchev–Trinajstić information content (AvgIpc) is 2.13. The first-order valence-electron chi connectivity index (χ1n) is 6.02. The fourth-order valence-corrected chi connectivity index (χ4v) is 2.77. The maximum absolute atomic E-state index is 9.57. The van der Waals surface area contributed by atoms with Gasteiger partial charge in [0.2, 0.25) is 0 Å². The van der Waals surface area contributed by atoms with E-state index in [1.54, 1.807) is 0 Å². The molecule has 0 heterocycles. The standard InChI is InChI=1S/C12H23NO/c1-12(2)7-6-11(12)13-9-4-3-5-10(14)8-9/h9-11,13-14H,3-8H2,1-2H3. The summed E-state index contributed by atoms with van der Waals surface area (Å²) in [5.74, 6) is 0. The summed E-state index contributed by atoms with van der Waals surface area (Å²) in [5, 5.41) is 13.3. The van der Waals surface area contributed by atoms with Gasteiger partial charge in [-0.1, -0.05) is 13.8 Å². The molecule has 0 amide bonds. The minimum atomic E-state index is -0.0514. The lowest BCUT2D eigenvalue weighted by atomic mass is 9.67. The molecule has 2 rings (SSSR count). The Balaban J connectivity index is 1.79. The van der Waals surface area contributed by atoms with Gasteiger partial charge in [0.15, 0.2) is 0 Å². The Morgan fingerprint density at radius 3 is 2.50 bits per heavy atom. The van der Waals surface area contributed by atoms with E-state index in [0.717, 1.165) is 12.8 Å². The Bertz CT molecular complexity index is 202. The lowest BCUT2D eigenvalue weighted by Crippen LogP contribution is -2.54. The van der Waals surface area contributed by atoms with E-state index in [1.165, 1.54) is 25.7 Å². The number of aliphatic hydroxyl groups excluding tert-OH is 1. The van der Waals surface area contributed by atoms with Gasteiger partial charge in [-0.25, -0.2) is 0 Å². The maximum Gasteiger partial charge on any atom is 0.0555 e. The molecule has 14 heavy (non-hydrogen) atoms. The zero-order valence-electron chi connectivity index (χ0n) is 9.42. The Morgan fingerprint density at radius 2 is 2.00 bits per heavy atom. The van der Waals surface area contributed by atoms with Crippen molar-refractivity contribution in [2.45, 2.75) is 70.6 Å². The van der Waals surface area contributed by atoms with Crippen molar-refractivity contribution in [3.63, 3.8) is 0 Å². The number of hydrogen-bond acceptors (Lipinski definition) is 2. The van der Waals surface area contributed by atoms with Crippen molar-refractivity contribution in [1.29, 1.82) is 0 Å². The zero-order chi connectivity index (χ0) is 10.2. The highest BCUT2D eigenvalue weighted by Gasteiger charge is 2.39. The van der Waals surface area contributed by atoms with E-state index in [2.05, 4.69) is 19.2 Å². The molecule has 2 nitrogen and oxygen atoms in total. The monoisotopic (exact) mass is 197 g/mol. The first kappa shape index (κ1) is 10.4. The Kier molecular flexibility index (Phi) is 2.85. The highest BCUT2D eigenvalue weighted by atomic mass is 16.3. The van der Waals surface area contributed by atoms with Crippen LogP contribution in [-0.2, 0) is 0 Å². The predicted octanol–water partition coefficient (Wildman–Crippen LogP) is 2.07. The minimum absolute atomic E-state index is 0.0514. The van der Waals surface area contributed by atoms with Crippen molar-refractivity contribution in [3.05, 3.63) is 0 Å². The van der Waals surface area contributed by atoms with Gasteiger partial charge in [-0.15, -0.1) is 0 Å². The van der Waals surface area contributed by atoms with Gasteiger partial charge >= 0.3 is 0 Å². The molecule has 2 aliphatic carbocycles. The topological polar surface area (TPSA) is 32.3 Å². The van der Waals surface area contributed by atoms with Crippen LogP contribution in [0.25, 0.3) is 0 Å². The van der Waals surface area contributed by atoms with Gasteiger partial charge < -0.3 is 10.4 Å². The number of rotatable bonds is 2. The van der Waals surface area contributed by atoms with Crippen molar-refractivity contribution >= 4 is 0 Å². The van der Waals surface area contributed by atoms with Gasteiger partial charge in [-0.05, 0) is 43.9 Å². The van der Waals surface area contributed by atoms with Crippen LogP contribution >= 0.6 is 0 Å². The fourth-order valence-electron chi connectivity index (χ4n) is 2.77. The minimum Gasteiger partial charge on any atom is -0.393 e. The van der Waals surface area contributed by atoms with Crippen molar-refractivity contribution in [1.82, 2.24) is 5.32 Å². The Labute approximate surface area is 87.1 Å². The third-order valence-electron chi connectivity index (χ3n) is 4.10. The lowest BCUT2D eigenvalue weighted by Gasteiger charge is -2.47. The maximum atomic E-state index is 9.57. The van der Waals surface area contributed by atoms with Crippen LogP contribution in [-0.4, -0.2) is 23.3 Å². The molecule has 2 heteroatoms. The molecule has 2 saturated carbocycles. The molecule has 3 atom stereocenters. The molecule has 82 valence electrons. The molecule has 0 saturated heterocycles. The van der Waals surface area contributed by atoms with Crippen LogP contribution in [0, 0.1) is 5.41 Å². The van der Waals surface area contributed by atoms with Gasteiger partial charge in [0.05, 0.1) is 6.10 Å². The molecule has 2 aliphatic rings. The summed E-state index contributed by atoms with van der Waals surface area (Å²) in [7, 11) is 0. The predicted molar refractivity (Wildman–Crippen MR) is 58.2 cm³/mol. The SMILES string of the molecule is CC1(C)CCC1NC1CCCC(O)C1. The molecule has 0 bridgehead atoms. The molecule has 0 aromatic carbocycles. The van der Waals surface area contributed by atoms with E-state index >= 15 is 0 Å². The van der Waals surface area contributed by atoms with Crippen molar-refractivity contribution in [2.75, 3.05) is 0 Å². The molecular weight excluding hydrogens is 174 g/mol. The number of hydrogen-bond donors (Lipinski definition) is 2. The van der Waals surface area contributed by atoms with E-state index < -0.39 is 0 Å². The summed E-state index contributed by atoms with van der Waals surface area (Å²) in [4.78, 5) is 0. The molecule has 0 aliphatic heterocycles. The van der Waals surface area contributed by atoms with Crippen molar-refractivity contribution in [2.24, 2.45) is 5.41 Å². The number of aliphatic hydroxyl groups is 1. The van der Waals surface area contributed by atoms with Crippen molar-refractivity contribution in [3.8, 4) is 0 Å². The van der Waals surface area contributed by atoms with Crippen LogP contribution in [0.2, 0.25) is 0 Å². The third kappa shape index (κ3) is 2.12. The van der Waals surface area contributed by atoms with E-state index in [9.17, 15) is 5.11 Å². The molecule has 0 spiro atoms. The number of nitrogens with one attached hydrogen (secondary N) is 1. The van der Waals surface area contributed by atoms with Gasteiger partial charge in [0, 0.05) is 12.1 Å². The largest absolute Gasteiger partial charge is 0.393 e. The first-order valence-corrected chi connectivity index (χ1v) is 6.02. The van der Waals surface area contributed by atoms with E-state index in [0.29, 0.717) is 17.5 Å². The van der Waals surface area contributed by atoms with E-state index in [1.807, 2.05) is 0 Å². The summed E-state index contributed by atoms with van der Waals surface area (Å²) in [6, 6.07) is 1.26. The van der Waals surface area contributed by atoms with Crippen LogP contribution < -0.4 is 5.32 Å². The molecule has 0 radical (unpaired) electrons. The summed E-state index contributed by atoms with van der Waals surface area (Å²) >= 11 is 0. The second kappa shape index (κ2) is 3.82. The molecule has 0 aromatic heterocycles. The van der Waals surface area contributed by atoms with Crippen LogP contribution in [0.3, 0.4) is 0 Å². The Hall–Kier alpha value is -0.0800. The zero-order valence-corrected chi connectivity index (χ0v) is 9.42. The first-order chi connectivity index (χ1) is 6.58. The second-order valence-electron chi connectivity index (χ2n) is 5.76. The van der Waals surface area contributed by atoms with Gasteiger partial charge in [-0.2, -0.15) is 0 Å². The lowest BCUT2D eigenvalue weighted by molar-refractivity contribution is 0.0636. The smallest absolute Gasteiger partial charge is 0.0555 e. The average molecular weight is 197 g/mol. The van der Waals surface area contributed by atoms with Crippen LogP contribution in [0.5, 0.6) is 0 Å². The van der Waals surface area contributed by atoms with Crippen LogP contribution in [0.15, 0.2) is 0 Å². The van der Waals surface area contributed by atoms with Gasteiger partial charge in [0.1, 0.15) is 0 Å². The van der Waals surface area contributed by atoms with E-state index in [4.69, 9.17) is 0 Å². The third-order valence-corrected chi connectivity index (χ3v) is 4.10. The van der Waals surface area contributed by atoms with Crippen LogP contribution in [0.1, 0.15) is 52.4 Å². The summed E-state index contributed by atoms with van der Waals surface area (Å²) < 4.78 is 0. The van der Waals surface area contributed by atoms with Gasteiger partial charge in [0.25, 0.3) is 0 Å².